The number of nitrogens with zero attached hydrogens (tertiary/aromatic N) is 2. The Balaban J connectivity index is 1.46. The molecule has 0 bridgehead atoms. The average Bonchev–Trinajstić information content (AvgIpc) is 3.44. The van der Waals surface area contributed by atoms with Gasteiger partial charge in [0, 0.05) is 13.1 Å². The van der Waals surface area contributed by atoms with Crippen LogP contribution < -0.4 is 9.47 Å². The van der Waals surface area contributed by atoms with Gasteiger partial charge in [0.1, 0.15) is 4.32 Å². The molecule has 0 aromatic heterocycles. The summed E-state index contributed by atoms with van der Waals surface area (Å²) in [6.45, 7) is 4.37. The average molecular weight is 483 g/mol. The van der Waals surface area contributed by atoms with Gasteiger partial charge in [-0.15, -0.1) is 0 Å². The van der Waals surface area contributed by atoms with Gasteiger partial charge in [-0.1, -0.05) is 60.4 Å². The summed E-state index contributed by atoms with van der Waals surface area (Å²) in [6, 6.07) is 15.2. The minimum absolute atomic E-state index is 0.0129. The van der Waals surface area contributed by atoms with Crippen molar-refractivity contribution in [2.24, 2.45) is 0 Å². The van der Waals surface area contributed by atoms with Gasteiger partial charge in [-0.05, 0) is 49.1 Å². The van der Waals surface area contributed by atoms with Crippen LogP contribution in [-0.4, -0.2) is 52.2 Å². The first kappa shape index (κ1) is 23.3. The first-order chi connectivity index (χ1) is 16.0. The molecule has 0 radical (unpaired) electrons. The van der Waals surface area contributed by atoms with E-state index >= 15 is 0 Å². The SMILES string of the molecule is CCOc1cc(/C=C2/SC(=S)N(Cc3ccccc3)C2=O)ccc1OCC(=O)N1CCCC1. The van der Waals surface area contributed by atoms with Crippen molar-refractivity contribution in [3.8, 4) is 11.5 Å². The van der Waals surface area contributed by atoms with Crippen molar-refractivity contribution in [1.82, 2.24) is 9.80 Å². The van der Waals surface area contributed by atoms with E-state index in [0.717, 1.165) is 37.1 Å². The molecule has 2 saturated heterocycles. The lowest BCUT2D eigenvalue weighted by Crippen LogP contribution is -2.32. The van der Waals surface area contributed by atoms with Gasteiger partial charge in [-0.3, -0.25) is 14.5 Å². The van der Waals surface area contributed by atoms with Crippen molar-refractivity contribution in [1.29, 1.82) is 0 Å². The number of thiocarbonyl (C=S) groups is 1. The Morgan fingerprint density at radius 3 is 2.58 bits per heavy atom. The summed E-state index contributed by atoms with van der Waals surface area (Å²) in [5, 5.41) is 0. The number of thioether (sulfide) groups is 1. The van der Waals surface area contributed by atoms with E-state index in [1.165, 1.54) is 11.8 Å². The van der Waals surface area contributed by atoms with Gasteiger partial charge in [-0.2, -0.15) is 0 Å². The number of amides is 2. The quantitative estimate of drug-likeness (QED) is 0.408. The second kappa shape index (κ2) is 10.9. The van der Waals surface area contributed by atoms with Crippen LogP contribution in [0.2, 0.25) is 0 Å². The standard InChI is InChI=1S/C25H26N2O4S2/c1-2-30-21-14-19(10-11-20(21)31-17-23(28)26-12-6-7-13-26)15-22-24(29)27(25(32)33-22)16-18-8-4-3-5-9-18/h3-5,8-11,14-15H,2,6-7,12-13,16-17H2,1H3/b22-15+. The van der Waals surface area contributed by atoms with Gasteiger partial charge < -0.3 is 14.4 Å². The van der Waals surface area contributed by atoms with Gasteiger partial charge >= 0.3 is 0 Å². The number of likely N-dealkylation sites (tertiary alicyclic amines) is 1. The van der Waals surface area contributed by atoms with Crippen molar-refractivity contribution in [2.45, 2.75) is 26.3 Å². The van der Waals surface area contributed by atoms with Crippen LogP contribution in [0.1, 0.15) is 30.9 Å². The molecule has 0 unspecified atom stereocenters. The molecule has 0 atom stereocenters. The van der Waals surface area contributed by atoms with E-state index in [4.69, 9.17) is 21.7 Å². The van der Waals surface area contributed by atoms with Crippen molar-refractivity contribution >= 4 is 46.2 Å². The molecular weight excluding hydrogens is 456 g/mol. The third-order valence-corrected chi connectivity index (χ3v) is 6.81. The number of hydrogen-bond acceptors (Lipinski definition) is 6. The normalized spacial score (nSPS) is 17.2. The third-order valence-electron chi connectivity index (χ3n) is 5.43. The van der Waals surface area contributed by atoms with E-state index in [1.54, 1.807) is 11.0 Å². The Morgan fingerprint density at radius 1 is 1.09 bits per heavy atom. The molecule has 6 nitrogen and oxygen atoms in total. The molecule has 2 heterocycles. The summed E-state index contributed by atoms with van der Waals surface area (Å²) in [5.41, 5.74) is 1.83. The van der Waals surface area contributed by atoms with Crippen LogP contribution in [0.5, 0.6) is 11.5 Å². The molecule has 2 fully saturated rings. The first-order valence-electron chi connectivity index (χ1n) is 11.0. The van der Waals surface area contributed by atoms with Crippen molar-refractivity contribution in [2.75, 3.05) is 26.3 Å². The fourth-order valence-corrected chi connectivity index (χ4v) is 5.01. The van der Waals surface area contributed by atoms with Crippen LogP contribution >= 0.6 is 24.0 Å². The minimum atomic E-state index is -0.108. The molecule has 8 heteroatoms. The number of benzene rings is 2. The van der Waals surface area contributed by atoms with Crippen LogP contribution in [0.3, 0.4) is 0 Å². The van der Waals surface area contributed by atoms with E-state index in [2.05, 4.69) is 0 Å². The molecule has 2 aliphatic heterocycles. The lowest BCUT2D eigenvalue weighted by atomic mass is 10.1. The molecule has 0 spiro atoms. The highest BCUT2D eigenvalue weighted by Crippen LogP contribution is 2.35. The number of rotatable bonds is 8. The van der Waals surface area contributed by atoms with E-state index in [0.29, 0.717) is 33.9 Å². The first-order valence-corrected chi connectivity index (χ1v) is 12.2. The number of carbonyl (C=O) groups is 2. The minimum Gasteiger partial charge on any atom is -0.490 e. The fraction of sp³-hybridized carbons (Fsp3) is 0.320. The van der Waals surface area contributed by atoms with Crippen LogP contribution in [0, 0.1) is 0 Å². The van der Waals surface area contributed by atoms with E-state index in [1.807, 2.05) is 60.4 Å². The summed E-state index contributed by atoms with van der Waals surface area (Å²) in [4.78, 5) is 29.3. The molecule has 0 aliphatic carbocycles. The van der Waals surface area contributed by atoms with E-state index < -0.39 is 0 Å². The maximum Gasteiger partial charge on any atom is 0.266 e. The van der Waals surface area contributed by atoms with Gasteiger partial charge in [-0.25, -0.2) is 0 Å². The molecule has 2 amide bonds. The zero-order valence-electron chi connectivity index (χ0n) is 18.5. The second-order valence-corrected chi connectivity index (χ2v) is 9.44. The zero-order valence-corrected chi connectivity index (χ0v) is 20.1. The molecule has 0 saturated carbocycles. The molecule has 2 aliphatic rings. The van der Waals surface area contributed by atoms with Crippen LogP contribution in [-0.2, 0) is 16.1 Å². The lowest BCUT2D eigenvalue weighted by Gasteiger charge is -2.17. The predicted octanol–water partition coefficient (Wildman–Crippen LogP) is 4.49. The van der Waals surface area contributed by atoms with Gasteiger partial charge in [0.25, 0.3) is 11.8 Å². The summed E-state index contributed by atoms with van der Waals surface area (Å²) in [5.74, 6) is 0.933. The Morgan fingerprint density at radius 2 is 1.85 bits per heavy atom. The summed E-state index contributed by atoms with van der Waals surface area (Å²) >= 11 is 6.74. The molecule has 0 N–H and O–H groups in total. The predicted molar refractivity (Wildman–Crippen MR) is 134 cm³/mol. The topological polar surface area (TPSA) is 59.1 Å². The Bertz CT molecular complexity index is 1070. The number of carbonyl (C=O) groups excluding carboxylic acids is 2. The second-order valence-electron chi connectivity index (χ2n) is 7.77. The molecular formula is C25H26N2O4S2. The van der Waals surface area contributed by atoms with Gasteiger partial charge in [0.2, 0.25) is 0 Å². The zero-order chi connectivity index (χ0) is 23.2. The number of hydrogen-bond donors (Lipinski definition) is 0. The number of ether oxygens (including phenoxy) is 2. The highest BCUT2D eigenvalue weighted by molar-refractivity contribution is 8.26. The van der Waals surface area contributed by atoms with Gasteiger partial charge in [0.05, 0.1) is 18.1 Å². The third kappa shape index (κ3) is 5.75. The molecule has 4 rings (SSSR count). The maximum atomic E-state index is 13.0. The Kier molecular flexibility index (Phi) is 7.67. The molecule has 2 aromatic rings. The smallest absolute Gasteiger partial charge is 0.266 e. The van der Waals surface area contributed by atoms with E-state index in [-0.39, 0.29) is 18.4 Å². The van der Waals surface area contributed by atoms with Crippen LogP contribution in [0.25, 0.3) is 6.08 Å². The van der Waals surface area contributed by atoms with Crippen molar-refractivity contribution in [3.63, 3.8) is 0 Å². The Labute approximate surface area is 203 Å². The highest BCUT2D eigenvalue weighted by atomic mass is 32.2. The van der Waals surface area contributed by atoms with Crippen molar-refractivity contribution in [3.05, 3.63) is 64.6 Å². The Hall–Kier alpha value is -2.84. The maximum absolute atomic E-state index is 13.0. The summed E-state index contributed by atoms with van der Waals surface area (Å²) < 4.78 is 12.1. The molecule has 33 heavy (non-hydrogen) atoms. The lowest BCUT2D eigenvalue weighted by molar-refractivity contribution is -0.132. The fourth-order valence-electron chi connectivity index (χ4n) is 3.75. The molecule has 172 valence electrons. The summed E-state index contributed by atoms with van der Waals surface area (Å²) in [7, 11) is 0. The highest BCUT2D eigenvalue weighted by Gasteiger charge is 2.32. The molecule has 2 aromatic carbocycles. The monoisotopic (exact) mass is 482 g/mol. The van der Waals surface area contributed by atoms with Crippen LogP contribution in [0.15, 0.2) is 53.4 Å². The van der Waals surface area contributed by atoms with Gasteiger partial charge in [0.15, 0.2) is 18.1 Å². The van der Waals surface area contributed by atoms with Crippen LogP contribution in [0.4, 0.5) is 0 Å². The largest absolute Gasteiger partial charge is 0.490 e. The van der Waals surface area contributed by atoms with Crippen molar-refractivity contribution < 1.29 is 19.1 Å². The summed E-state index contributed by atoms with van der Waals surface area (Å²) in [6.07, 6.45) is 3.90. The van der Waals surface area contributed by atoms with E-state index in [9.17, 15) is 9.59 Å².